The summed E-state index contributed by atoms with van der Waals surface area (Å²) in [7, 11) is 0. The minimum Gasteiger partial charge on any atom is -0.315 e. The number of ketones is 1. The second kappa shape index (κ2) is 3.49. The van der Waals surface area contributed by atoms with E-state index in [1.54, 1.807) is 13.3 Å². The standard InChI is InChI=1S/C9H14N4O/c1-7(8(2)14)12-3-4-13-6-10-11-9(13)5-12/h6-7H,3-5H2,1-2H3. The number of nitrogens with zero attached hydrogens (tertiary/aromatic N) is 4. The first-order chi connectivity index (χ1) is 6.68. The molecule has 1 aromatic rings. The largest absolute Gasteiger partial charge is 0.315 e. The third-order valence-electron chi connectivity index (χ3n) is 2.80. The van der Waals surface area contributed by atoms with Gasteiger partial charge in [0.05, 0.1) is 12.6 Å². The first-order valence-electron chi connectivity index (χ1n) is 4.79. The quantitative estimate of drug-likeness (QED) is 0.668. The molecule has 2 rings (SSSR count). The molecule has 76 valence electrons. The van der Waals surface area contributed by atoms with Crippen LogP contribution in [0.5, 0.6) is 0 Å². The number of carbonyl (C=O) groups is 1. The number of hydrogen-bond acceptors (Lipinski definition) is 4. The Morgan fingerprint density at radius 1 is 1.57 bits per heavy atom. The Labute approximate surface area is 82.7 Å². The Morgan fingerprint density at radius 2 is 2.36 bits per heavy atom. The van der Waals surface area contributed by atoms with E-state index >= 15 is 0 Å². The minimum atomic E-state index is -0.0135. The number of hydrogen-bond donors (Lipinski definition) is 0. The lowest BCUT2D eigenvalue weighted by Gasteiger charge is -2.30. The summed E-state index contributed by atoms with van der Waals surface area (Å²) < 4.78 is 2.03. The molecular formula is C9H14N4O. The molecule has 0 N–H and O–H groups in total. The topological polar surface area (TPSA) is 51.0 Å². The van der Waals surface area contributed by atoms with Crippen molar-refractivity contribution in [2.75, 3.05) is 6.54 Å². The van der Waals surface area contributed by atoms with Gasteiger partial charge in [-0.25, -0.2) is 0 Å². The van der Waals surface area contributed by atoms with Crippen LogP contribution in [-0.4, -0.2) is 38.0 Å². The summed E-state index contributed by atoms with van der Waals surface area (Å²) in [5.74, 6) is 1.15. The molecule has 1 unspecified atom stereocenters. The number of fused-ring (bicyclic) bond motifs is 1. The fourth-order valence-electron chi connectivity index (χ4n) is 1.67. The van der Waals surface area contributed by atoms with E-state index in [0.717, 1.165) is 25.5 Å². The third kappa shape index (κ3) is 1.55. The molecule has 0 radical (unpaired) electrons. The van der Waals surface area contributed by atoms with Crippen molar-refractivity contribution < 1.29 is 4.79 Å². The normalized spacial score (nSPS) is 19.0. The van der Waals surface area contributed by atoms with Gasteiger partial charge in [-0.05, 0) is 13.8 Å². The zero-order valence-electron chi connectivity index (χ0n) is 8.47. The molecule has 14 heavy (non-hydrogen) atoms. The molecule has 0 amide bonds. The monoisotopic (exact) mass is 194 g/mol. The van der Waals surface area contributed by atoms with Crippen molar-refractivity contribution in [2.24, 2.45) is 0 Å². The fourth-order valence-corrected chi connectivity index (χ4v) is 1.67. The smallest absolute Gasteiger partial charge is 0.147 e. The molecule has 0 saturated heterocycles. The van der Waals surface area contributed by atoms with Crippen LogP contribution in [0, 0.1) is 0 Å². The summed E-state index contributed by atoms with van der Waals surface area (Å²) in [6.07, 6.45) is 1.74. The average Bonchev–Trinajstić information content (AvgIpc) is 2.62. The molecule has 5 heteroatoms. The highest BCUT2D eigenvalue weighted by molar-refractivity contribution is 5.80. The predicted molar refractivity (Wildman–Crippen MR) is 50.6 cm³/mol. The van der Waals surface area contributed by atoms with E-state index in [-0.39, 0.29) is 11.8 Å². The number of rotatable bonds is 2. The molecule has 1 atom stereocenters. The van der Waals surface area contributed by atoms with Crippen LogP contribution in [0.15, 0.2) is 6.33 Å². The first kappa shape index (κ1) is 9.33. The molecule has 0 aromatic carbocycles. The SMILES string of the molecule is CC(=O)C(C)N1CCn2cnnc2C1. The lowest BCUT2D eigenvalue weighted by Crippen LogP contribution is -2.42. The van der Waals surface area contributed by atoms with Gasteiger partial charge in [-0.1, -0.05) is 0 Å². The lowest BCUT2D eigenvalue weighted by molar-refractivity contribution is -0.122. The van der Waals surface area contributed by atoms with Crippen molar-refractivity contribution >= 4 is 5.78 Å². The van der Waals surface area contributed by atoms with E-state index in [1.807, 2.05) is 11.5 Å². The average molecular weight is 194 g/mol. The molecule has 5 nitrogen and oxygen atoms in total. The highest BCUT2D eigenvalue weighted by Gasteiger charge is 2.23. The van der Waals surface area contributed by atoms with E-state index in [1.165, 1.54) is 0 Å². The van der Waals surface area contributed by atoms with E-state index in [9.17, 15) is 4.79 Å². The maximum atomic E-state index is 11.2. The van der Waals surface area contributed by atoms with Crippen molar-refractivity contribution in [3.63, 3.8) is 0 Å². The summed E-state index contributed by atoms with van der Waals surface area (Å²) in [4.78, 5) is 13.3. The zero-order chi connectivity index (χ0) is 10.1. The van der Waals surface area contributed by atoms with Gasteiger partial charge < -0.3 is 4.57 Å². The van der Waals surface area contributed by atoms with E-state index in [2.05, 4.69) is 15.1 Å². The Kier molecular flexibility index (Phi) is 2.33. The molecule has 0 fully saturated rings. The van der Waals surface area contributed by atoms with Crippen LogP contribution in [0.2, 0.25) is 0 Å². The predicted octanol–water partition coefficient (Wildman–Crippen LogP) is 0.0712. The molecule has 1 aliphatic heterocycles. The Hall–Kier alpha value is -1.23. The zero-order valence-corrected chi connectivity index (χ0v) is 8.47. The maximum Gasteiger partial charge on any atom is 0.147 e. The first-order valence-corrected chi connectivity index (χ1v) is 4.79. The van der Waals surface area contributed by atoms with Gasteiger partial charge in [-0.2, -0.15) is 0 Å². The Balaban J connectivity index is 2.11. The molecule has 0 bridgehead atoms. The second-order valence-corrected chi connectivity index (χ2v) is 3.70. The van der Waals surface area contributed by atoms with E-state index in [0.29, 0.717) is 0 Å². The van der Waals surface area contributed by atoms with Gasteiger partial charge in [-0.3, -0.25) is 9.69 Å². The molecule has 1 aliphatic rings. The van der Waals surface area contributed by atoms with Crippen LogP contribution in [0.4, 0.5) is 0 Å². The van der Waals surface area contributed by atoms with Crippen LogP contribution in [0.1, 0.15) is 19.7 Å². The van der Waals surface area contributed by atoms with Crippen molar-refractivity contribution in [2.45, 2.75) is 33.0 Å². The van der Waals surface area contributed by atoms with Crippen molar-refractivity contribution in [1.29, 1.82) is 0 Å². The van der Waals surface area contributed by atoms with Crippen LogP contribution in [-0.2, 0) is 17.9 Å². The summed E-state index contributed by atoms with van der Waals surface area (Å²) in [5.41, 5.74) is 0. The Bertz CT molecular complexity index is 346. The van der Waals surface area contributed by atoms with Crippen LogP contribution in [0.25, 0.3) is 0 Å². The molecule has 0 saturated carbocycles. The summed E-state index contributed by atoms with van der Waals surface area (Å²) in [5, 5.41) is 7.85. The van der Waals surface area contributed by atoms with Gasteiger partial charge in [0.25, 0.3) is 0 Å². The summed E-state index contributed by atoms with van der Waals surface area (Å²) in [6, 6.07) is -0.0135. The number of aromatic nitrogens is 3. The van der Waals surface area contributed by atoms with Gasteiger partial charge in [-0.15, -0.1) is 10.2 Å². The highest BCUT2D eigenvalue weighted by Crippen LogP contribution is 2.12. The number of Topliss-reactive ketones (excluding diaryl/α,β-unsaturated/α-hetero) is 1. The van der Waals surface area contributed by atoms with Gasteiger partial charge in [0.1, 0.15) is 17.9 Å². The molecule has 0 aliphatic carbocycles. The Morgan fingerprint density at radius 3 is 3.07 bits per heavy atom. The van der Waals surface area contributed by atoms with Crippen molar-refractivity contribution in [1.82, 2.24) is 19.7 Å². The summed E-state index contributed by atoms with van der Waals surface area (Å²) >= 11 is 0. The van der Waals surface area contributed by atoms with E-state index < -0.39 is 0 Å². The van der Waals surface area contributed by atoms with Gasteiger partial charge in [0, 0.05) is 13.1 Å². The van der Waals surface area contributed by atoms with Gasteiger partial charge >= 0.3 is 0 Å². The lowest BCUT2D eigenvalue weighted by atomic mass is 10.2. The van der Waals surface area contributed by atoms with Crippen LogP contribution < -0.4 is 0 Å². The maximum absolute atomic E-state index is 11.2. The third-order valence-corrected chi connectivity index (χ3v) is 2.80. The molecule has 2 heterocycles. The minimum absolute atomic E-state index is 0.0135. The molecular weight excluding hydrogens is 180 g/mol. The highest BCUT2D eigenvalue weighted by atomic mass is 16.1. The van der Waals surface area contributed by atoms with Gasteiger partial charge in [0.2, 0.25) is 0 Å². The van der Waals surface area contributed by atoms with Crippen molar-refractivity contribution in [3.8, 4) is 0 Å². The van der Waals surface area contributed by atoms with Crippen LogP contribution in [0.3, 0.4) is 0 Å². The van der Waals surface area contributed by atoms with Crippen molar-refractivity contribution in [3.05, 3.63) is 12.2 Å². The fraction of sp³-hybridized carbons (Fsp3) is 0.667. The second-order valence-electron chi connectivity index (χ2n) is 3.70. The number of carbonyl (C=O) groups excluding carboxylic acids is 1. The molecule has 1 aromatic heterocycles. The van der Waals surface area contributed by atoms with Gasteiger partial charge in [0.15, 0.2) is 0 Å². The summed E-state index contributed by atoms with van der Waals surface area (Å²) in [6.45, 7) is 6.06. The van der Waals surface area contributed by atoms with Crippen LogP contribution >= 0.6 is 0 Å². The van der Waals surface area contributed by atoms with E-state index in [4.69, 9.17) is 0 Å². The molecule has 0 spiro atoms.